The van der Waals surface area contributed by atoms with Crippen LogP contribution in [0.1, 0.15) is 28.8 Å². The Morgan fingerprint density at radius 3 is 2.30 bits per heavy atom. The number of hydrogen-bond acceptors (Lipinski definition) is 4. The summed E-state index contributed by atoms with van der Waals surface area (Å²) in [6.07, 6.45) is 1.04. The molecule has 2 fully saturated rings. The van der Waals surface area contributed by atoms with Crippen LogP contribution in [0.2, 0.25) is 0 Å². The molecule has 0 atom stereocenters. The van der Waals surface area contributed by atoms with Crippen molar-refractivity contribution in [2.24, 2.45) is 5.92 Å². The Hall–Kier alpha value is -3.00. The summed E-state index contributed by atoms with van der Waals surface area (Å²) >= 11 is 0. The number of carbonyl (C=O) groups excluding carboxylic acids is 2. The van der Waals surface area contributed by atoms with Crippen LogP contribution in [0.5, 0.6) is 0 Å². The van der Waals surface area contributed by atoms with Crippen molar-refractivity contribution >= 4 is 17.5 Å². The summed E-state index contributed by atoms with van der Waals surface area (Å²) in [5, 5.41) is 0. The van der Waals surface area contributed by atoms with Crippen LogP contribution in [-0.2, 0) is 16.1 Å². The molecule has 0 aromatic heterocycles. The molecular formula is C25H29F2N3O3. The number of likely N-dealkylation sites (tertiary alicyclic amines) is 1. The predicted octanol–water partition coefficient (Wildman–Crippen LogP) is 3.31. The number of carbonyl (C=O) groups is 2. The van der Waals surface area contributed by atoms with Crippen molar-refractivity contribution in [3.8, 4) is 0 Å². The minimum atomic E-state index is -0.863. The van der Waals surface area contributed by atoms with E-state index in [0.29, 0.717) is 38.5 Å². The molecular weight excluding hydrogens is 428 g/mol. The van der Waals surface area contributed by atoms with E-state index in [0.717, 1.165) is 43.6 Å². The fourth-order valence-corrected chi connectivity index (χ4v) is 4.46. The van der Waals surface area contributed by atoms with Crippen LogP contribution in [0.3, 0.4) is 0 Å². The van der Waals surface area contributed by atoms with Crippen LogP contribution in [0.15, 0.2) is 42.5 Å². The van der Waals surface area contributed by atoms with Gasteiger partial charge in [-0.05, 0) is 42.7 Å². The minimum Gasteiger partial charge on any atom is -0.378 e. The number of piperidine rings is 1. The zero-order valence-electron chi connectivity index (χ0n) is 18.8. The maximum Gasteiger partial charge on any atom is 0.256 e. The van der Waals surface area contributed by atoms with E-state index in [1.807, 2.05) is 12.1 Å². The van der Waals surface area contributed by atoms with Crippen LogP contribution >= 0.6 is 0 Å². The molecule has 0 saturated carbocycles. The fourth-order valence-electron chi connectivity index (χ4n) is 4.46. The number of rotatable bonds is 5. The van der Waals surface area contributed by atoms with E-state index in [2.05, 4.69) is 17.0 Å². The van der Waals surface area contributed by atoms with E-state index >= 15 is 0 Å². The Bertz CT molecular complexity index is 985. The molecule has 0 N–H and O–H groups in total. The number of hydrogen-bond donors (Lipinski definition) is 0. The number of ether oxygens (including phenoxy) is 1. The predicted molar refractivity (Wildman–Crippen MR) is 121 cm³/mol. The minimum absolute atomic E-state index is 0.0484. The van der Waals surface area contributed by atoms with Gasteiger partial charge in [0.05, 0.1) is 18.8 Å². The SMILES string of the molecule is CN(Cc1ccc(N2CCOCC2)cc1)C(=O)C1CCN(C(=O)c2ccc(F)cc2F)CC1. The summed E-state index contributed by atoms with van der Waals surface area (Å²) in [6.45, 7) is 4.49. The summed E-state index contributed by atoms with van der Waals surface area (Å²) < 4.78 is 32.5. The van der Waals surface area contributed by atoms with Gasteiger partial charge in [0.25, 0.3) is 5.91 Å². The van der Waals surface area contributed by atoms with E-state index in [-0.39, 0.29) is 17.4 Å². The van der Waals surface area contributed by atoms with Gasteiger partial charge in [-0.1, -0.05) is 12.1 Å². The molecule has 6 nitrogen and oxygen atoms in total. The zero-order valence-corrected chi connectivity index (χ0v) is 18.8. The third-order valence-electron chi connectivity index (χ3n) is 6.40. The molecule has 2 heterocycles. The third kappa shape index (κ3) is 5.50. The molecule has 2 aliphatic rings. The van der Waals surface area contributed by atoms with Crippen molar-refractivity contribution in [3.63, 3.8) is 0 Å². The summed E-state index contributed by atoms with van der Waals surface area (Å²) in [5.41, 5.74) is 2.08. The van der Waals surface area contributed by atoms with Gasteiger partial charge in [0.15, 0.2) is 0 Å². The average molecular weight is 458 g/mol. The van der Waals surface area contributed by atoms with Crippen LogP contribution in [0.4, 0.5) is 14.5 Å². The van der Waals surface area contributed by atoms with Crippen molar-refractivity contribution in [1.82, 2.24) is 9.80 Å². The highest BCUT2D eigenvalue weighted by atomic mass is 19.1. The Labute approximate surface area is 192 Å². The molecule has 4 rings (SSSR count). The smallest absolute Gasteiger partial charge is 0.256 e. The summed E-state index contributed by atoms with van der Waals surface area (Å²) in [7, 11) is 1.80. The van der Waals surface area contributed by atoms with Gasteiger partial charge in [-0.25, -0.2) is 8.78 Å². The lowest BCUT2D eigenvalue weighted by Crippen LogP contribution is -2.43. The Morgan fingerprint density at radius 1 is 1.00 bits per heavy atom. The molecule has 0 spiro atoms. The first kappa shape index (κ1) is 23.2. The van der Waals surface area contributed by atoms with Crippen LogP contribution in [0, 0.1) is 17.6 Å². The number of halogens is 2. The molecule has 0 radical (unpaired) electrons. The van der Waals surface area contributed by atoms with Gasteiger partial charge in [0, 0.05) is 57.4 Å². The second kappa shape index (κ2) is 10.3. The molecule has 176 valence electrons. The molecule has 33 heavy (non-hydrogen) atoms. The Balaban J connectivity index is 1.28. The van der Waals surface area contributed by atoms with Gasteiger partial charge >= 0.3 is 0 Å². The van der Waals surface area contributed by atoms with Crippen LogP contribution in [-0.4, -0.2) is 68.1 Å². The second-order valence-corrected chi connectivity index (χ2v) is 8.65. The van der Waals surface area contributed by atoms with Crippen molar-refractivity contribution in [1.29, 1.82) is 0 Å². The Kier molecular flexibility index (Phi) is 7.23. The lowest BCUT2D eigenvalue weighted by atomic mass is 9.94. The molecule has 0 aliphatic carbocycles. The lowest BCUT2D eigenvalue weighted by molar-refractivity contribution is -0.136. The molecule has 0 unspecified atom stereocenters. The summed E-state index contributed by atoms with van der Waals surface area (Å²) in [4.78, 5) is 31.1. The maximum atomic E-state index is 13.9. The van der Waals surface area contributed by atoms with Gasteiger partial charge in [-0.15, -0.1) is 0 Å². The molecule has 2 aliphatic heterocycles. The number of morpholine rings is 1. The first-order valence-corrected chi connectivity index (χ1v) is 11.3. The molecule has 0 bridgehead atoms. The highest BCUT2D eigenvalue weighted by Crippen LogP contribution is 2.23. The summed E-state index contributed by atoms with van der Waals surface area (Å²) in [6, 6.07) is 11.2. The van der Waals surface area contributed by atoms with Crippen LogP contribution < -0.4 is 4.90 Å². The monoisotopic (exact) mass is 457 g/mol. The first-order chi connectivity index (χ1) is 15.9. The average Bonchev–Trinajstić information content (AvgIpc) is 2.84. The molecule has 2 amide bonds. The van der Waals surface area contributed by atoms with Gasteiger partial charge in [-0.2, -0.15) is 0 Å². The highest BCUT2D eigenvalue weighted by molar-refractivity contribution is 5.94. The van der Waals surface area contributed by atoms with Gasteiger partial charge in [-0.3, -0.25) is 9.59 Å². The first-order valence-electron chi connectivity index (χ1n) is 11.3. The molecule has 2 aromatic rings. The van der Waals surface area contributed by atoms with E-state index in [1.54, 1.807) is 11.9 Å². The maximum absolute atomic E-state index is 13.9. The normalized spacial score (nSPS) is 17.2. The van der Waals surface area contributed by atoms with Gasteiger partial charge < -0.3 is 19.4 Å². The summed E-state index contributed by atoms with van der Waals surface area (Å²) in [5.74, 6) is -2.17. The number of benzene rings is 2. The zero-order chi connectivity index (χ0) is 23.4. The lowest BCUT2D eigenvalue weighted by Gasteiger charge is -2.33. The van der Waals surface area contributed by atoms with E-state index in [4.69, 9.17) is 4.74 Å². The topological polar surface area (TPSA) is 53.1 Å². The van der Waals surface area contributed by atoms with E-state index in [9.17, 15) is 18.4 Å². The van der Waals surface area contributed by atoms with Crippen molar-refractivity contribution in [2.45, 2.75) is 19.4 Å². The second-order valence-electron chi connectivity index (χ2n) is 8.65. The Morgan fingerprint density at radius 2 is 1.67 bits per heavy atom. The van der Waals surface area contributed by atoms with Gasteiger partial charge in [0.1, 0.15) is 11.6 Å². The standard InChI is InChI=1S/C25H29F2N3O3/c1-28(17-18-2-5-21(6-3-18)29-12-14-33-15-13-29)24(31)19-8-10-30(11-9-19)25(32)22-7-4-20(26)16-23(22)27/h2-7,16,19H,8-15,17H2,1H3. The molecule has 8 heteroatoms. The van der Waals surface area contributed by atoms with Gasteiger partial charge in [0.2, 0.25) is 5.91 Å². The highest BCUT2D eigenvalue weighted by Gasteiger charge is 2.30. The van der Waals surface area contributed by atoms with Crippen molar-refractivity contribution in [2.75, 3.05) is 51.3 Å². The largest absolute Gasteiger partial charge is 0.378 e. The van der Waals surface area contributed by atoms with Crippen LogP contribution in [0.25, 0.3) is 0 Å². The number of nitrogens with zero attached hydrogens (tertiary/aromatic N) is 3. The number of amides is 2. The molecule has 2 aromatic carbocycles. The van der Waals surface area contributed by atoms with E-state index in [1.165, 1.54) is 11.0 Å². The van der Waals surface area contributed by atoms with Crippen molar-refractivity contribution < 1.29 is 23.1 Å². The van der Waals surface area contributed by atoms with E-state index < -0.39 is 17.5 Å². The van der Waals surface area contributed by atoms with Crippen molar-refractivity contribution in [3.05, 3.63) is 65.2 Å². The molecule has 2 saturated heterocycles. The fraction of sp³-hybridized carbons (Fsp3) is 0.440. The third-order valence-corrected chi connectivity index (χ3v) is 6.40. The number of anilines is 1. The quantitative estimate of drug-likeness (QED) is 0.692.